The van der Waals surface area contributed by atoms with Crippen LogP contribution < -0.4 is 0 Å². The zero-order valence-corrected chi connectivity index (χ0v) is 21.1. The number of aryl methyl sites for hydroxylation is 1. The highest BCUT2D eigenvalue weighted by Gasteiger charge is 2.27. The van der Waals surface area contributed by atoms with Crippen molar-refractivity contribution in [3.05, 3.63) is 60.0 Å². The fourth-order valence-electron chi connectivity index (χ4n) is 4.28. The number of ether oxygens (including phenoxy) is 1. The Morgan fingerprint density at radius 2 is 1.67 bits per heavy atom. The van der Waals surface area contributed by atoms with E-state index in [2.05, 4.69) is 11.8 Å². The summed E-state index contributed by atoms with van der Waals surface area (Å²) in [6.45, 7) is 6.10. The van der Waals surface area contributed by atoms with Crippen molar-refractivity contribution in [2.24, 2.45) is 0 Å². The maximum Gasteiger partial charge on any atom is 0.226 e. The zero-order valence-electron chi connectivity index (χ0n) is 19.4. The van der Waals surface area contributed by atoms with E-state index in [1.54, 1.807) is 19.2 Å². The number of oxazole rings is 1. The Kier molecular flexibility index (Phi) is 8.00. The van der Waals surface area contributed by atoms with Gasteiger partial charge in [0, 0.05) is 31.5 Å². The van der Waals surface area contributed by atoms with Crippen LogP contribution in [0.2, 0.25) is 0 Å². The van der Waals surface area contributed by atoms with Crippen molar-refractivity contribution in [1.82, 2.24) is 9.88 Å². The summed E-state index contributed by atoms with van der Waals surface area (Å²) in [5.74, 6) is 1.35. The van der Waals surface area contributed by atoms with E-state index in [4.69, 9.17) is 14.1 Å². The summed E-state index contributed by atoms with van der Waals surface area (Å²) >= 11 is 0. The van der Waals surface area contributed by atoms with Gasteiger partial charge in [0.15, 0.2) is 9.84 Å². The number of benzene rings is 2. The standard InChI is InChI=1S/C25H30N2O4S.ClH/c1-17-6-5-15-27(17)16-23(30-3)24-18(2)31-25(26-24)21-9-7-19(8-10-21)20-11-13-22(14-12-20)32(4,28)29;/h7-14,17,23H,5-6,15-16H2,1-4H3;1H/t17-,23?;/m1./s1. The van der Waals surface area contributed by atoms with Gasteiger partial charge in [-0.05, 0) is 68.6 Å². The highest BCUT2D eigenvalue weighted by molar-refractivity contribution is 7.90. The van der Waals surface area contributed by atoms with Gasteiger partial charge in [0.05, 0.1) is 4.90 Å². The van der Waals surface area contributed by atoms with E-state index in [-0.39, 0.29) is 18.5 Å². The molecule has 4 rings (SSSR count). The summed E-state index contributed by atoms with van der Waals surface area (Å²) in [7, 11) is -1.48. The van der Waals surface area contributed by atoms with Crippen LogP contribution in [0, 0.1) is 6.92 Å². The predicted molar refractivity (Wildman–Crippen MR) is 132 cm³/mol. The summed E-state index contributed by atoms with van der Waals surface area (Å²) in [5, 5.41) is 0. The van der Waals surface area contributed by atoms with E-state index < -0.39 is 9.84 Å². The van der Waals surface area contributed by atoms with Crippen LogP contribution in [-0.4, -0.2) is 50.8 Å². The van der Waals surface area contributed by atoms with Crippen LogP contribution in [0.15, 0.2) is 57.8 Å². The van der Waals surface area contributed by atoms with Gasteiger partial charge in [-0.2, -0.15) is 0 Å². The van der Waals surface area contributed by atoms with Crippen LogP contribution in [-0.2, 0) is 14.6 Å². The van der Waals surface area contributed by atoms with Crippen LogP contribution >= 0.6 is 12.4 Å². The molecule has 1 aliphatic rings. The molecule has 1 fully saturated rings. The molecule has 1 unspecified atom stereocenters. The molecule has 0 spiro atoms. The molecule has 1 aliphatic heterocycles. The van der Waals surface area contributed by atoms with Crippen LogP contribution in [0.4, 0.5) is 0 Å². The minimum Gasteiger partial charge on any atom is -0.441 e. The van der Waals surface area contributed by atoms with Crippen molar-refractivity contribution in [2.75, 3.05) is 26.5 Å². The molecule has 0 saturated carbocycles. The first-order valence-corrected chi connectivity index (χ1v) is 12.8. The van der Waals surface area contributed by atoms with Crippen molar-refractivity contribution in [2.45, 2.75) is 43.7 Å². The van der Waals surface area contributed by atoms with Crippen molar-refractivity contribution in [1.29, 1.82) is 0 Å². The lowest BCUT2D eigenvalue weighted by Crippen LogP contribution is -2.32. The maximum atomic E-state index is 11.7. The van der Waals surface area contributed by atoms with Crippen LogP contribution in [0.1, 0.15) is 37.3 Å². The summed E-state index contributed by atoms with van der Waals surface area (Å²) in [4.78, 5) is 7.54. The molecule has 0 bridgehead atoms. The van der Waals surface area contributed by atoms with E-state index in [1.165, 1.54) is 19.1 Å². The van der Waals surface area contributed by atoms with Gasteiger partial charge in [-0.3, -0.25) is 4.90 Å². The number of sulfone groups is 1. The highest BCUT2D eigenvalue weighted by atomic mass is 35.5. The lowest BCUT2D eigenvalue weighted by Gasteiger charge is -2.25. The SMILES string of the molecule is COC(CN1CCC[C@H]1C)c1nc(-c2ccc(-c3ccc(S(C)(=O)=O)cc3)cc2)oc1C.Cl. The minimum absolute atomic E-state index is 0. The fourth-order valence-corrected chi connectivity index (χ4v) is 4.91. The first kappa shape index (κ1) is 25.4. The third-order valence-electron chi connectivity index (χ3n) is 6.26. The summed E-state index contributed by atoms with van der Waals surface area (Å²) in [6.07, 6.45) is 3.54. The molecule has 1 saturated heterocycles. The van der Waals surface area contributed by atoms with Crippen molar-refractivity contribution >= 4 is 22.2 Å². The molecular formula is C25H31ClN2O4S. The molecule has 3 aromatic rings. The monoisotopic (exact) mass is 490 g/mol. The second-order valence-electron chi connectivity index (χ2n) is 8.54. The van der Waals surface area contributed by atoms with E-state index >= 15 is 0 Å². The molecule has 0 amide bonds. The first-order chi connectivity index (χ1) is 15.3. The van der Waals surface area contributed by atoms with Crippen LogP contribution in [0.25, 0.3) is 22.6 Å². The Morgan fingerprint density at radius 3 is 2.18 bits per heavy atom. The normalized spacial score (nSPS) is 17.6. The molecule has 0 aliphatic carbocycles. The Labute approximate surface area is 202 Å². The quantitative estimate of drug-likeness (QED) is 0.446. The Balaban J connectivity index is 0.00000306. The summed E-state index contributed by atoms with van der Waals surface area (Å²) in [6, 6.07) is 15.4. The molecule has 0 radical (unpaired) electrons. The molecule has 2 aromatic carbocycles. The summed E-state index contributed by atoms with van der Waals surface area (Å²) < 4.78 is 35.1. The third kappa shape index (κ3) is 5.66. The van der Waals surface area contributed by atoms with E-state index in [1.807, 2.05) is 43.3 Å². The lowest BCUT2D eigenvalue weighted by molar-refractivity contribution is 0.0578. The predicted octanol–water partition coefficient (Wildman–Crippen LogP) is 5.31. The lowest BCUT2D eigenvalue weighted by atomic mass is 10.0. The van der Waals surface area contributed by atoms with Crippen molar-refractivity contribution < 1.29 is 17.6 Å². The molecule has 6 nitrogen and oxygen atoms in total. The molecular weight excluding hydrogens is 460 g/mol. The van der Waals surface area contributed by atoms with Gasteiger partial charge in [0.2, 0.25) is 5.89 Å². The average molecular weight is 491 g/mol. The van der Waals surface area contributed by atoms with E-state index in [0.717, 1.165) is 41.2 Å². The van der Waals surface area contributed by atoms with Gasteiger partial charge < -0.3 is 9.15 Å². The van der Waals surface area contributed by atoms with Gasteiger partial charge in [-0.15, -0.1) is 12.4 Å². The highest BCUT2D eigenvalue weighted by Crippen LogP contribution is 2.30. The Bertz CT molecular complexity index is 1170. The molecule has 0 N–H and O–H groups in total. The first-order valence-electron chi connectivity index (χ1n) is 10.9. The molecule has 178 valence electrons. The minimum atomic E-state index is -3.20. The molecule has 33 heavy (non-hydrogen) atoms. The zero-order chi connectivity index (χ0) is 22.9. The number of halogens is 1. The number of nitrogens with zero attached hydrogens (tertiary/aromatic N) is 2. The van der Waals surface area contributed by atoms with Gasteiger partial charge in [-0.25, -0.2) is 13.4 Å². The van der Waals surface area contributed by atoms with E-state index in [9.17, 15) is 8.42 Å². The Morgan fingerprint density at radius 1 is 1.09 bits per heavy atom. The molecule has 8 heteroatoms. The van der Waals surface area contributed by atoms with Crippen LogP contribution in [0.3, 0.4) is 0 Å². The van der Waals surface area contributed by atoms with Crippen molar-refractivity contribution in [3.8, 4) is 22.6 Å². The topological polar surface area (TPSA) is 72.6 Å². The molecule has 1 aromatic heterocycles. The van der Waals surface area contributed by atoms with Gasteiger partial charge in [0.25, 0.3) is 0 Å². The number of aromatic nitrogens is 1. The largest absolute Gasteiger partial charge is 0.441 e. The average Bonchev–Trinajstić information content (AvgIpc) is 3.36. The van der Waals surface area contributed by atoms with Crippen molar-refractivity contribution in [3.63, 3.8) is 0 Å². The third-order valence-corrected chi connectivity index (χ3v) is 7.39. The molecule has 2 heterocycles. The second-order valence-corrected chi connectivity index (χ2v) is 10.6. The van der Waals surface area contributed by atoms with E-state index in [0.29, 0.717) is 16.8 Å². The number of rotatable bonds is 7. The maximum absolute atomic E-state index is 11.7. The molecule has 2 atom stereocenters. The Hall–Kier alpha value is -2.19. The second kappa shape index (κ2) is 10.4. The van der Waals surface area contributed by atoms with Gasteiger partial charge in [0.1, 0.15) is 17.6 Å². The number of methoxy groups -OCH3 is 1. The van der Waals surface area contributed by atoms with Gasteiger partial charge >= 0.3 is 0 Å². The van der Waals surface area contributed by atoms with Crippen LogP contribution in [0.5, 0.6) is 0 Å². The number of hydrogen-bond acceptors (Lipinski definition) is 6. The number of hydrogen-bond donors (Lipinski definition) is 0. The number of likely N-dealkylation sites (tertiary alicyclic amines) is 1. The smallest absolute Gasteiger partial charge is 0.226 e. The fraction of sp³-hybridized carbons (Fsp3) is 0.400. The van der Waals surface area contributed by atoms with Gasteiger partial charge in [-0.1, -0.05) is 24.3 Å². The summed E-state index contributed by atoms with van der Waals surface area (Å²) in [5.41, 5.74) is 3.68.